The number of ketones is 1. The van der Waals surface area contributed by atoms with E-state index in [1.807, 2.05) is 13.8 Å². The van der Waals surface area contributed by atoms with Crippen LogP contribution in [-0.2, 0) is 4.74 Å². The fourth-order valence-corrected chi connectivity index (χ4v) is 1.07. The van der Waals surface area contributed by atoms with E-state index in [1.54, 1.807) is 25.6 Å². The van der Waals surface area contributed by atoms with E-state index in [2.05, 4.69) is 9.97 Å². The summed E-state index contributed by atoms with van der Waals surface area (Å²) in [5, 5.41) is 0. The van der Waals surface area contributed by atoms with Gasteiger partial charge in [-0.25, -0.2) is 9.97 Å². The van der Waals surface area contributed by atoms with Crippen molar-refractivity contribution in [2.45, 2.75) is 32.3 Å². The Morgan fingerprint density at radius 1 is 1.40 bits per heavy atom. The van der Waals surface area contributed by atoms with Gasteiger partial charge in [-0.1, -0.05) is 0 Å². The van der Waals surface area contributed by atoms with E-state index in [0.29, 0.717) is 12.8 Å². The van der Waals surface area contributed by atoms with Crippen molar-refractivity contribution in [3.8, 4) is 0 Å². The molecule has 0 saturated heterocycles. The second-order valence-corrected chi connectivity index (χ2v) is 3.96. The van der Waals surface area contributed by atoms with E-state index in [-0.39, 0.29) is 17.2 Å². The van der Waals surface area contributed by atoms with Crippen LogP contribution in [0.4, 0.5) is 0 Å². The summed E-state index contributed by atoms with van der Waals surface area (Å²) in [4.78, 5) is 19.4. The number of ether oxygens (including phenoxy) is 1. The molecule has 0 fully saturated rings. The number of hydrogen-bond donors (Lipinski definition) is 0. The van der Waals surface area contributed by atoms with Crippen LogP contribution in [0.1, 0.15) is 37.3 Å². The molecule has 0 unspecified atom stereocenters. The molecule has 0 spiro atoms. The number of rotatable bonds is 5. The van der Waals surface area contributed by atoms with E-state index in [0.717, 1.165) is 0 Å². The Labute approximate surface area is 89.7 Å². The van der Waals surface area contributed by atoms with Crippen LogP contribution in [0.15, 0.2) is 18.5 Å². The van der Waals surface area contributed by atoms with Crippen LogP contribution in [0.25, 0.3) is 0 Å². The second kappa shape index (κ2) is 4.98. The number of carbonyl (C=O) groups excluding carboxylic acids is 1. The van der Waals surface area contributed by atoms with Crippen LogP contribution in [0.5, 0.6) is 0 Å². The van der Waals surface area contributed by atoms with Crippen molar-refractivity contribution in [3.05, 3.63) is 24.3 Å². The molecule has 4 nitrogen and oxygen atoms in total. The molecule has 15 heavy (non-hydrogen) atoms. The summed E-state index contributed by atoms with van der Waals surface area (Å²) in [7, 11) is 1.64. The van der Waals surface area contributed by atoms with Crippen molar-refractivity contribution in [3.63, 3.8) is 0 Å². The minimum Gasteiger partial charge on any atom is -0.379 e. The maximum Gasteiger partial charge on any atom is 0.200 e. The van der Waals surface area contributed by atoms with E-state index >= 15 is 0 Å². The first-order valence-corrected chi connectivity index (χ1v) is 4.90. The van der Waals surface area contributed by atoms with Crippen LogP contribution in [0.3, 0.4) is 0 Å². The van der Waals surface area contributed by atoms with Gasteiger partial charge in [0.15, 0.2) is 11.6 Å². The maximum absolute atomic E-state index is 11.6. The lowest BCUT2D eigenvalue weighted by molar-refractivity contribution is 0.0141. The SMILES string of the molecule is COC(C)(C)CCC(=O)c1ncccn1. The van der Waals surface area contributed by atoms with Crippen molar-refractivity contribution in [2.24, 2.45) is 0 Å². The highest BCUT2D eigenvalue weighted by Crippen LogP contribution is 2.16. The largest absolute Gasteiger partial charge is 0.379 e. The average molecular weight is 208 g/mol. The Morgan fingerprint density at radius 3 is 2.53 bits per heavy atom. The molecular formula is C11H16N2O2. The predicted octanol–water partition coefficient (Wildman–Crippen LogP) is 1.86. The Balaban J connectivity index is 2.51. The summed E-state index contributed by atoms with van der Waals surface area (Å²) >= 11 is 0. The molecule has 0 amide bonds. The molecule has 82 valence electrons. The lowest BCUT2D eigenvalue weighted by atomic mass is 10.0. The van der Waals surface area contributed by atoms with Gasteiger partial charge in [0.05, 0.1) is 5.60 Å². The van der Waals surface area contributed by atoms with Crippen LogP contribution in [-0.4, -0.2) is 28.5 Å². The van der Waals surface area contributed by atoms with E-state index < -0.39 is 0 Å². The quantitative estimate of drug-likeness (QED) is 0.693. The average Bonchev–Trinajstić information content (AvgIpc) is 2.27. The monoisotopic (exact) mass is 208 g/mol. The summed E-state index contributed by atoms with van der Waals surface area (Å²) in [5.74, 6) is 0.241. The Hall–Kier alpha value is -1.29. The van der Waals surface area contributed by atoms with E-state index in [4.69, 9.17) is 4.74 Å². The fraction of sp³-hybridized carbons (Fsp3) is 0.545. The molecule has 0 N–H and O–H groups in total. The number of Topliss-reactive ketones (excluding diaryl/α,β-unsaturated/α-hetero) is 1. The van der Waals surface area contributed by atoms with E-state index in [9.17, 15) is 4.79 Å². The van der Waals surface area contributed by atoms with Gasteiger partial charge in [0.2, 0.25) is 0 Å². The van der Waals surface area contributed by atoms with Crippen molar-refractivity contribution >= 4 is 5.78 Å². The topological polar surface area (TPSA) is 52.1 Å². The van der Waals surface area contributed by atoms with Crippen LogP contribution >= 0.6 is 0 Å². The van der Waals surface area contributed by atoms with Gasteiger partial charge in [0.25, 0.3) is 0 Å². The van der Waals surface area contributed by atoms with Gasteiger partial charge >= 0.3 is 0 Å². The molecule has 0 aromatic carbocycles. The zero-order valence-corrected chi connectivity index (χ0v) is 9.36. The summed E-state index contributed by atoms with van der Waals surface area (Å²) in [5.41, 5.74) is -0.273. The Morgan fingerprint density at radius 2 is 2.00 bits per heavy atom. The molecule has 0 aliphatic heterocycles. The lowest BCUT2D eigenvalue weighted by Gasteiger charge is -2.21. The van der Waals surface area contributed by atoms with Crippen LogP contribution in [0.2, 0.25) is 0 Å². The molecule has 1 aromatic heterocycles. The van der Waals surface area contributed by atoms with Gasteiger partial charge in [0.1, 0.15) is 0 Å². The zero-order valence-electron chi connectivity index (χ0n) is 9.36. The van der Waals surface area contributed by atoms with Gasteiger partial charge in [-0.05, 0) is 26.3 Å². The predicted molar refractivity (Wildman–Crippen MR) is 56.7 cm³/mol. The lowest BCUT2D eigenvalue weighted by Crippen LogP contribution is -2.23. The molecule has 0 aliphatic rings. The number of hydrogen-bond acceptors (Lipinski definition) is 4. The van der Waals surface area contributed by atoms with Crippen molar-refractivity contribution in [1.29, 1.82) is 0 Å². The van der Waals surface area contributed by atoms with Crippen LogP contribution < -0.4 is 0 Å². The molecular weight excluding hydrogens is 192 g/mol. The summed E-state index contributed by atoms with van der Waals surface area (Å²) in [6.45, 7) is 3.90. The van der Waals surface area contributed by atoms with Crippen molar-refractivity contribution in [1.82, 2.24) is 9.97 Å². The molecule has 4 heteroatoms. The van der Waals surface area contributed by atoms with Crippen LogP contribution in [0, 0.1) is 0 Å². The van der Waals surface area contributed by atoms with Crippen molar-refractivity contribution in [2.75, 3.05) is 7.11 Å². The first kappa shape index (κ1) is 11.8. The Kier molecular flexibility index (Phi) is 3.91. The molecule has 0 aliphatic carbocycles. The zero-order chi connectivity index (χ0) is 11.3. The second-order valence-electron chi connectivity index (χ2n) is 3.96. The van der Waals surface area contributed by atoms with E-state index in [1.165, 1.54) is 0 Å². The third-order valence-corrected chi connectivity index (χ3v) is 2.32. The highest BCUT2D eigenvalue weighted by Gasteiger charge is 2.19. The number of carbonyl (C=O) groups is 1. The van der Waals surface area contributed by atoms with Gasteiger partial charge in [0, 0.05) is 25.9 Å². The number of methoxy groups -OCH3 is 1. The maximum atomic E-state index is 11.6. The smallest absolute Gasteiger partial charge is 0.200 e. The normalized spacial score (nSPS) is 11.4. The summed E-state index contributed by atoms with van der Waals surface area (Å²) in [6, 6.07) is 1.69. The molecule has 0 atom stereocenters. The first-order valence-electron chi connectivity index (χ1n) is 4.90. The molecule has 0 bridgehead atoms. The third-order valence-electron chi connectivity index (χ3n) is 2.32. The third kappa shape index (κ3) is 3.75. The Bertz CT molecular complexity index is 323. The summed E-state index contributed by atoms with van der Waals surface area (Å²) in [6.07, 6.45) is 4.22. The minimum absolute atomic E-state index is 0.0410. The molecule has 0 radical (unpaired) electrons. The molecule has 0 saturated carbocycles. The highest BCUT2D eigenvalue weighted by atomic mass is 16.5. The van der Waals surface area contributed by atoms with Gasteiger partial charge in [-0.3, -0.25) is 4.79 Å². The molecule has 1 heterocycles. The van der Waals surface area contributed by atoms with Crippen molar-refractivity contribution < 1.29 is 9.53 Å². The first-order chi connectivity index (χ1) is 7.05. The van der Waals surface area contributed by atoms with Gasteiger partial charge in [-0.15, -0.1) is 0 Å². The summed E-state index contributed by atoms with van der Waals surface area (Å²) < 4.78 is 5.23. The number of nitrogens with zero attached hydrogens (tertiary/aromatic N) is 2. The number of aromatic nitrogens is 2. The minimum atomic E-state index is -0.273. The highest BCUT2D eigenvalue weighted by molar-refractivity contribution is 5.92. The molecule has 1 aromatic rings. The standard InChI is InChI=1S/C11H16N2O2/c1-11(2,15-3)6-5-9(14)10-12-7-4-8-13-10/h4,7-8H,5-6H2,1-3H3. The van der Waals surface area contributed by atoms with Gasteiger partial charge < -0.3 is 4.74 Å². The fourth-order valence-electron chi connectivity index (χ4n) is 1.07. The van der Waals surface area contributed by atoms with Gasteiger partial charge in [-0.2, -0.15) is 0 Å². The molecule has 1 rings (SSSR count).